The molecule has 2 rings (SSSR count). The first-order valence-electron chi connectivity index (χ1n) is 5.70. The smallest absolute Gasteiger partial charge is 1.00 e. The van der Waals surface area contributed by atoms with Crippen LogP contribution in [0.4, 0.5) is 0 Å². The molecule has 0 saturated heterocycles. The van der Waals surface area contributed by atoms with Crippen LogP contribution in [0.5, 0.6) is 0 Å². The Morgan fingerprint density at radius 2 is 1.39 bits per heavy atom. The summed E-state index contributed by atoms with van der Waals surface area (Å²) in [6.45, 7) is 0. The van der Waals surface area contributed by atoms with E-state index in [9.17, 15) is 8.42 Å². The number of nitrogens with zero attached hydrogens (tertiary/aromatic N) is 1. The second-order valence-corrected chi connectivity index (χ2v) is 5.58. The minimum absolute atomic E-state index is 0. The zero-order chi connectivity index (χ0) is 12.6. The van der Waals surface area contributed by atoms with Crippen molar-refractivity contribution in [2.45, 2.75) is 25.7 Å². The molecule has 136 valence electrons. The molecular weight excluding hydrogens is 537 g/mol. The van der Waals surface area contributed by atoms with Crippen LogP contribution in [0, 0.1) is 12.3 Å². The Balaban J connectivity index is -0.0000000540. The second-order valence-electron chi connectivity index (χ2n) is 4.08. The van der Waals surface area contributed by atoms with Crippen LogP contribution >= 0.6 is 0 Å². The number of rotatable bonds is 2. The first-order chi connectivity index (χ1) is 8.08. The molecule has 0 spiro atoms. The fraction of sp³-hybridized carbons (Fsp3) is 0.500. The predicted molar refractivity (Wildman–Crippen MR) is 72.7 cm³/mol. The normalized spacial score (nSPS) is 12.6. The van der Waals surface area contributed by atoms with Crippen molar-refractivity contribution in [2.24, 2.45) is 5.92 Å². The SMILES string of the molecule is O=S(=O)(O)CC1CC[CH-]CC1.[Cl-].[Cl-].[Cl-].[Cl-].[Cl-].[Sb+5].c1ccncc1. The van der Waals surface area contributed by atoms with Crippen molar-refractivity contribution in [1.82, 2.24) is 4.98 Å². The zero-order valence-corrected chi connectivity index (χ0v) is 19.2. The van der Waals surface area contributed by atoms with Crippen LogP contribution in [0.2, 0.25) is 0 Å². The molecule has 1 aromatic heterocycles. The second kappa shape index (κ2) is 23.3. The van der Waals surface area contributed by atoms with Gasteiger partial charge in [0.2, 0.25) is 0 Å². The van der Waals surface area contributed by atoms with Gasteiger partial charge >= 0.3 is 24.4 Å². The molecule has 0 amide bonds. The Morgan fingerprint density at radius 1 is 0.957 bits per heavy atom. The van der Waals surface area contributed by atoms with Gasteiger partial charge in [-0.2, -0.15) is 21.3 Å². The third-order valence-electron chi connectivity index (χ3n) is 2.57. The fourth-order valence-electron chi connectivity index (χ4n) is 1.77. The van der Waals surface area contributed by atoms with E-state index in [0.29, 0.717) is 0 Å². The van der Waals surface area contributed by atoms with Crippen molar-refractivity contribution in [3.8, 4) is 0 Å². The van der Waals surface area contributed by atoms with E-state index < -0.39 is 10.1 Å². The Kier molecular flexibility index (Phi) is 40.0. The van der Waals surface area contributed by atoms with Crippen LogP contribution in [0.15, 0.2) is 30.6 Å². The monoisotopic (exact) mass is 552 g/mol. The molecule has 1 N–H and O–H groups in total. The van der Waals surface area contributed by atoms with Gasteiger partial charge < -0.3 is 68.5 Å². The van der Waals surface area contributed by atoms with Gasteiger partial charge in [-0.1, -0.05) is 18.9 Å². The van der Waals surface area contributed by atoms with E-state index >= 15 is 0 Å². The average Bonchev–Trinajstić information content (AvgIpc) is 2.31. The zero-order valence-electron chi connectivity index (χ0n) is 12.0. The molecule has 1 saturated carbocycles. The van der Waals surface area contributed by atoms with Gasteiger partial charge in [-0.25, -0.2) is 0 Å². The third kappa shape index (κ3) is 25.7. The summed E-state index contributed by atoms with van der Waals surface area (Å²) in [6.07, 6.45) is 9.44. The van der Waals surface area contributed by atoms with Gasteiger partial charge in [0.1, 0.15) is 0 Å². The Morgan fingerprint density at radius 3 is 1.65 bits per heavy atom. The molecule has 1 aliphatic rings. The van der Waals surface area contributed by atoms with Crippen LogP contribution in [-0.2, 0) is 10.1 Å². The summed E-state index contributed by atoms with van der Waals surface area (Å²) < 4.78 is 29.4. The third-order valence-corrected chi connectivity index (χ3v) is 3.46. The van der Waals surface area contributed by atoms with E-state index in [1.54, 1.807) is 12.4 Å². The maximum atomic E-state index is 10.4. The minimum atomic E-state index is -3.74. The number of aromatic nitrogens is 1. The summed E-state index contributed by atoms with van der Waals surface area (Å²) in [7, 11) is -3.74. The minimum Gasteiger partial charge on any atom is -1.00 e. The average molecular weight is 555 g/mol. The van der Waals surface area contributed by atoms with Crippen LogP contribution in [0.1, 0.15) is 25.7 Å². The number of pyridine rings is 1. The molecule has 11 heteroatoms. The maximum Gasteiger partial charge on any atom is 5.00 e. The molecule has 23 heavy (non-hydrogen) atoms. The standard InChI is InChI=1S/C7H13O3S.C5H5N.5ClH.Sb/c8-11(9,10)6-7-4-2-1-3-5-7;1-2-4-6-5-3-1;;;;;;/h1,7H,2-6H2,(H,8,9,10);1-5H;5*1H;/q-1;;;;;;;+5/p-5. The van der Waals surface area contributed by atoms with Crippen molar-refractivity contribution in [3.63, 3.8) is 0 Å². The Hall–Kier alpha value is 1.33. The largest absolute Gasteiger partial charge is 5.00 e. The van der Waals surface area contributed by atoms with Gasteiger partial charge in [0, 0.05) is 12.4 Å². The summed E-state index contributed by atoms with van der Waals surface area (Å²) in [5, 5.41) is 0. The quantitative estimate of drug-likeness (QED) is 0.224. The summed E-state index contributed by atoms with van der Waals surface area (Å²) >= 11 is 0. The Labute approximate surface area is 187 Å². The van der Waals surface area contributed by atoms with Crippen LogP contribution in [0.3, 0.4) is 0 Å². The first-order valence-corrected chi connectivity index (χ1v) is 7.30. The molecule has 0 bridgehead atoms. The van der Waals surface area contributed by atoms with E-state index in [-0.39, 0.29) is 98.1 Å². The van der Waals surface area contributed by atoms with Gasteiger partial charge in [-0.15, -0.1) is 0 Å². The van der Waals surface area contributed by atoms with Crippen molar-refractivity contribution in [3.05, 3.63) is 37.0 Å². The van der Waals surface area contributed by atoms with E-state index in [0.717, 1.165) is 25.7 Å². The van der Waals surface area contributed by atoms with Crippen molar-refractivity contribution in [2.75, 3.05) is 5.75 Å². The molecule has 0 unspecified atom stereocenters. The van der Waals surface area contributed by atoms with E-state index in [4.69, 9.17) is 4.55 Å². The molecule has 1 aromatic rings. The number of halogens is 5. The van der Waals surface area contributed by atoms with Crippen molar-refractivity contribution >= 4 is 34.5 Å². The van der Waals surface area contributed by atoms with Crippen LogP contribution < -0.4 is 62.0 Å². The van der Waals surface area contributed by atoms with Gasteiger partial charge in [-0.05, 0) is 18.1 Å². The summed E-state index contributed by atoms with van der Waals surface area (Å²) in [6, 6.07) is 5.72. The van der Waals surface area contributed by atoms with E-state index in [1.165, 1.54) is 0 Å². The Bertz CT molecular complexity index is 382. The molecular formula is C12H18Cl5NO3SSb-. The maximum absolute atomic E-state index is 10.4. The van der Waals surface area contributed by atoms with E-state index in [1.807, 2.05) is 18.2 Å². The topological polar surface area (TPSA) is 67.3 Å². The summed E-state index contributed by atoms with van der Waals surface area (Å²) in [4.78, 5) is 3.78. The summed E-state index contributed by atoms with van der Waals surface area (Å²) in [5.74, 6) is 0.121. The van der Waals surface area contributed by atoms with Crippen LogP contribution in [0.25, 0.3) is 0 Å². The molecule has 4 nitrogen and oxygen atoms in total. The van der Waals surface area contributed by atoms with Gasteiger partial charge in [0.05, 0.1) is 5.75 Å². The molecule has 0 aliphatic heterocycles. The van der Waals surface area contributed by atoms with Gasteiger partial charge in [0.15, 0.2) is 0 Å². The van der Waals surface area contributed by atoms with Gasteiger partial charge in [-0.3, -0.25) is 9.54 Å². The molecule has 1 heterocycles. The summed E-state index contributed by atoms with van der Waals surface area (Å²) in [5.41, 5.74) is 0. The molecule has 1 fully saturated rings. The molecule has 0 atom stereocenters. The van der Waals surface area contributed by atoms with Crippen LogP contribution in [-0.4, -0.2) is 48.1 Å². The van der Waals surface area contributed by atoms with Crippen molar-refractivity contribution < 1.29 is 75.0 Å². The molecule has 0 aromatic carbocycles. The molecule has 0 radical (unpaired) electrons. The molecule has 1 aliphatic carbocycles. The predicted octanol–water partition coefficient (Wildman–Crippen LogP) is -13.0. The van der Waals surface area contributed by atoms with E-state index in [2.05, 4.69) is 11.4 Å². The number of hydrogen-bond acceptors (Lipinski definition) is 3. The van der Waals surface area contributed by atoms with Crippen molar-refractivity contribution in [1.29, 1.82) is 0 Å². The fourth-order valence-corrected chi connectivity index (χ4v) is 2.70. The van der Waals surface area contributed by atoms with Gasteiger partial charge in [0.25, 0.3) is 10.1 Å². The number of hydrogen-bond donors (Lipinski definition) is 1. The first kappa shape index (κ1) is 39.4.